The van der Waals surface area contributed by atoms with Gasteiger partial charge in [0.05, 0.1) is 5.57 Å². The van der Waals surface area contributed by atoms with Crippen molar-refractivity contribution in [3.8, 4) is 0 Å². The second-order valence-corrected chi connectivity index (χ2v) is 7.71. The maximum absolute atomic E-state index is 13.8. The Bertz CT molecular complexity index is 1140. The van der Waals surface area contributed by atoms with Crippen molar-refractivity contribution in [2.45, 2.75) is 6.04 Å². The molecule has 0 saturated carbocycles. The Hall–Kier alpha value is -3.03. The zero-order chi connectivity index (χ0) is 20.7. The molecule has 3 aromatic rings. The third-order valence-electron chi connectivity index (χ3n) is 4.56. The Morgan fingerprint density at radius 2 is 1.76 bits per heavy atom. The summed E-state index contributed by atoms with van der Waals surface area (Å²) in [4.78, 5) is 27.3. The van der Waals surface area contributed by atoms with Gasteiger partial charge in [0, 0.05) is 27.2 Å². The van der Waals surface area contributed by atoms with Gasteiger partial charge in [-0.3, -0.25) is 14.5 Å². The van der Waals surface area contributed by atoms with E-state index in [2.05, 4.69) is 0 Å². The first-order valence-corrected chi connectivity index (χ1v) is 9.69. The van der Waals surface area contributed by atoms with E-state index in [1.54, 1.807) is 29.6 Å². The number of ketones is 1. The van der Waals surface area contributed by atoms with Crippen molar-refractivity contribution in [3.63, 3.8) is 0 Å². The van der Waals surface area contributed by atoms with Crippen LogP contribution in [0.3, 0.4) is 0 Å². The number of hydrogen-bond donors (Lipinski definition) is 1. The number of anilines is 1. The van der Waals surface area contributed by atoms with Crippen LogP contribution >= 0.6 is 22.9 Å². The van der Waals surface area contributed by atoms with E-state index in [0.717, 1.165) is 17.0 Å². The number of aliphatic hydroxyl groups excluding tert-OH is 1. The van der Waals surface area contributed by atoms with Crippen LogP contribution in [0.15, 0.2) is 65.6 Å². The number of nitrogens with zero attached hydrogens (tertiary/aromatic N) is 1. The molecule has 1 amide bonds. The van der Waals surface area contributed by atoms with Crippen LogP contribution in [0.25, 0.3) is 5.76 Å². The molecule has 8 heteroatoms. The van der Waals surface area contributed by atoms with Crippen molar-refractivity contribution in [3.05, 3.63) is 92.6 Å². The highest BCUT2D eigenvalue weighted by Gasteiger charge is 2.47. The van der Waals surface area contributed by atoms with Gasteiger partial charge in [0.2, 0.25) is 0 Å². The molecule has 1 atom stereocenters. The Kier molecular flexibility index (Phi) is 4.94. The van der Waals surface area contributed by atoms with E-state index in [4.69, 9.17) is 11.6 Å². The van der Waals surface area contributed by atoms with Gasteiger partial charge in [-0.15, -0.1) is 11.3 Å². The van der Waals surface area contributed by atoms with Crippen molar-refractivity contribution < 1.29 is 23.5 Å². The quantitative estimate of drug-likeness (QED) is 0.347. The Morgan fingerprint density at radius 1 is 1.03 bits per heavy atom. The summed E-state index contributed by atoms with van der Waals surface area (Å²) in [6.45, 7) is 0. The number of rotatable bonds is 3. The molecule has 0 aliphatic carbocycles. The average Bonchev–Trinajstić information content (AvgIpc) is 3.32. The summed E-state index contributed by atoms with van der Waals surface area (Å²) >= 11 is 7.15. The van der Waals surface area contributed by atoms with Gasteiger partial charge < -0.3 is 5.11 Å². The fraction of sp³-hybridized carbons (Fsp3) is 0.0476. The monoisotopic (exact) mass is 431 g/mol. The minimum atomic E-state index is -1.15. The second kappa shape index (κ2) is 7.42. The SMILES string of the molecule is O=C1C(=O)N(c2ccc(F)c(F)c2)C(c2cccs2)/C1=C(/O)c1ccc(Cl)cc1. The third kappa shape index (κ3) is 3.32. The minimum Gasteiger partial charge on any atom is -0.507 e. The molecular weight excluding hydrogens is 420 g/mol. The van der Waals surface area contributed by atoms with Crippen LogP contribution in [0.5, 0.6) is 0 Å². The summed E-state index contributed by atoms with van der Waals surface area (Å²) in [5.74, 6) is -4.44. The summed E-state index contributed by atoms with van der Waals surface area (Å²) in [7, 11) is 0. The maximum Gasteiger partial charge on any atom is 0.300 e. The van der Waals surface area contributed by atoms with Crippen LogP contribution < -0.4 is 4.90 Å². The third-order valence-corrected chi connectivity index (χ3v) is 5.73. The van der Waals surface area contributed by atoms with Crippen molar-refractivity contribution in [1.29, 1.82) is 0 Å². The molecule has 4 nitrogen and oxygen atoms in total. The Morgan fingerprint density at radius 3 is 2.38 bits per heavy atom. The number of aliphatic hydroxyl groups is 1. The molecule has 0 bridgehead atoms. The van der Waals surface area contributed by atoms with E-state index in [0.29, 0.717) is 15.5 Å². The molecule has 2 heterocycles. The first-order valence-electron chi connectivity index (χ1n) is 8.44. The molecule has 1 fully saturated rings. The molecule has 146 valence electrons. The van der Waals surface area contributed by atoms with Gasteiger partial charge in [-0.05, 0) is 47.8 Å². The standard InChI is InChI=1S/C21H12ClF2NO3S/c22-12-5-3-11(4-6-12)19(26)17-18(16-2-1-9-29-16)25(21(28)20(17)27)13-7-8-14(23)15(24)10-13/h1-10,18,26H/b19-17-. The topological polar surface area (TPSA) is 57.6 Å². The number of halogens is 3. The zero-order valence-electron chi connectivity index (χ0n) is 14.6. The van der Waals surface area contributed by atoms with Gasteiger partial charge in [0.1, 0.15) is 11.8 Å². The lowest BCUT2D eigenvalue weighted by Crippen LogP contribution is -2.29. The first kappa shape index (κ1) is 19.3. The average molecular weight is 432 g/mol. The van der Waals surface area contributed by atoms with Crippen molar-refractivity contribution in [2.75, 3.05) is 4.90 Å². The van der Waals surface area contributed by atoms with Crippen LogP contribution in [-0.4, -0.2) is 16.8 Å². The molecule has 1 unspecified atom stereocenters. The number of hydrogen-bond acceptors (Lipinski definition) is 4. The summed E-state index contributed by atoms with van der Waals surface area (Å²) in [6, 6.07) is 11.5. The highest BCUT2D eigenvalue weighted by atomic mass is 35.5. The van der Waals surface area contributed by atoms with Gasteiger partial charge in [-0.2, -0.15) is 0 Å². The van der Waals surface area contributed by atoms with Gasteiger partial charge in [-0.25, -0.2) is 8.78 Å². The van der Waals surface area contributed by atoms with Crippen LogP contribution in [0.4, 0.5) is 14.5 Å². The predicted octanol–water partition coefficient (Wildman–Crippen LogP) is 5.31. The lowest BCUT2D eigenvalue weighted by molar-refractivity contribution is -0.132. The van der Waals surface area contributed by atoms with Crippen molar-refractivity contribution >= 4 is 46.1 Å². The molecule has 1 aromatic heterocycles. The predicted molar refractivity (Wildman–Crippen MR) is 107 cm³/mol. The highest BCUT2D eigenvalue weighted by Crippen LogP contribution is 2.43. The van der Waals surface area contributed by atoms with Crippen LogP contribution in [0.2, 0.25) is 5.02 Å². The smallest absolute Gasteiger partial charge is 0.300 e. The highest BCUT2D eigenvalue weighted by molar-refractivity contribution is 7.10. The summed E-state index contributed by atoms with van der Waals surface area (Å²) in [5, 5.41) is 13.0. The Labute approximate surface area is 173 Å². The molecule has 2 aromatic carbocycles. The summed E-state index contributed by atoms with van der Waals surface area (Å²) < 4.78 is 27.2. The van der Waals surface area contributed by atoms with Gasteiger partial charge >= 0.3 is 0 Å². The van der Waals surface area contributed by atoms with Crippen LogP contribution in [0.1, 0.15) is 16.5 Å². The summed E-state index contributed by atoms with van der Waals surface area (Å²) in [5.41, 5.74) is 0.184. The number of Topliss-reactive ketones (excluding diaryl/α,β-unsaturated/α-hetero) is 1. The molecule has 1 aliphatic rings. The van der Waals surface area contributed by atoms with E-state index < -0.39 is 29.4 Å². The number of thiophene rings is 1. The number of carbonyl (C=O) groups excluding carboxylic acids is 2. The van der Waals surface area contributed by atoms with Gasteiger partial charge in [0.15, 0.2) is 11.6 Å². The van der Waals surface area contributed by atoms with E-state index >= 15 is 0 Å². The fourth-order valence-electron chi connectivity index (χ4n) is 3.21. The molecule has 1 N–H and O–H groups in total. The molecule has 29 heavy (non-hydrogen) atoms. The second-order valence-electron chi connectivity index (χ2n) is 6.29. The van der Waals surface area contributed by atoms with Crippen LogP contribution in [0, 0.1) is 11.6 Å². The lowest BCUT2D eigenvalue weighted by atomic mass is 10.00. The number of carbonyl (C=O) groups is 2. The largest absolute Gasteiger partial charge is 0.507 e. The number of benzene rings is 2. The van der Waals surface area contributed by atoms with Crippen molar-refractivity contribution in [1.82, 2.24) is 0 Å². The molecule has 1 saturated heterocycles. The minimum absolute atomic E-state index is 0.0135. The fourth-order valence-corrected chi connectivity index (χ4v) is 4.16. The molecule has 4 rings (SSSR count). The van der Waals surface area contributed by atoms with Crippen molar-refractivity contribution in [2.24, 2.45) is 0 Å². The van der Waals surface area contributed by atoms with Crippen LogP contribution in [-0.2, 0) is 9.59 Å². The molecule has 0 radical (unpaired) electrons. The maximum atomic E-state index is 13.8. The first-order chi connectivity index (χ1) is 13.9. The van der Waals surface area contributed by atoms with Gasteiger partial charge in [0.25, 0.3) is 11.7 Å². The normalized spacial score (nSPS) is 18.4. The molecule has 0 spiro atoms. The van der Waals surface area contributed by atoms with Gasteiger partial charge in [-0.1, -0.05) is 17.7 Å². The molecular formula is C21H12ClF2NO3S. The zero-order valence-corrected chi connectivity index (χ0v) is 16.2. The van der Waals surface area contributed by atoms with E-state index in [9.17, 15) is 23.5 Å². The molecule has 1 aliphatic heterocycles. The van der Waals surface area contributed by atoms with E-state index in [-0.39, 0.29) is 17.0 Å². The summed E-state index contributed by atoms with van der Waals surface area (Å²) in [6.07, 6.45) is 0. The van der Waals surface area contributed by atoms with E-state index in [1.807, 2.05) is 0 Å². The lowest BCUT2D eigenvalue weighted by Gasteiger charge is -2.24. The number of amides is 1. The Balaban J connectivity index is 1.92. The van der Waals surface area contributed by atoms with E-state index in [1.165, 1.54) is 29.5 Å².